The number of aliphatic hydroxyl groups excluding tert-OH is 1. The van der Waals surface area contributed by atoms with Gasteiger partial charge in [0.15, 0.2) is 11.6 Å². The first-order valence-electron chi connectivity index (χ1n) is 5.96. The minimum absolute atomic E-state index is 0.200. The average Bonchev–Trinajstić information content (AvgIpc) is 2.39. The summed E-state index contributed by atoms with van der Waals surface area (Å²) in [6.45, 7) is 0. The minimum Gasteiger partial charge on any atom is -0.494 e. The van der Waals surface area contributed by atoms with Gasteiger partial charge in [-0.05, 0) is 35.4 Å². The maximum atomic E-state index is 13.5. The van der Waals surface area contributed by atoms with E-state index in [1.165, 1.54) is 13.2 Å². The quantitative estimate of drug-likeness (QED) is 0.832. The molecular formula is C15H16FNO2. The maximum absolute atomic E-state index is 13.5. The molecule has 4 heteroatoms. The molecule has 2 aromatic carbocycles. The second-order valence-corrected chi connectivity index (χ2v) is 4.36. The molecular weight excluding hydrogens is 245 g/mol. The lowest BCUT2D eigenvalue weighted by Gasteiger charge is -2.12. The normalized spacial score (nSPS) is 12.2. The zero-order valence-electron chi connectivity index (χ0n) is 10.6. The molecule has 2 rings (SSSR count). The van der Waals surface area contributed by atoms with E-state index < -0.39 is 11.9 Å². The van der Waals surface area contributed by atoms with Gasteiger partial charge in [0.05, 0.1) is 13.2 Å². The second kappa shape index (κ2) is 5.71. The lowest BCUT2D eigenvalue weighted by atomic mass is 10.0. The number of nitrogens with two attached hydrogens (primary N) is 1. The van der Waals surface area contributed by atoms with E-state index in [2.05, 4.69) is 0 Å². The van der Waals surface area contributed by atoms with Gasteiger partial charge in [0.25, 0.3) is 0 Å². The highest BCUT2D eigenvalue weighted by atomic mass is 19.1. The van der Waals surface area contributed by atoms with Crippen LogP contribution in [0.5, 0.6) is 5.75 Å². The first-order valence-corrected chi connectivity index (χ1v) is 5.96. The van der Waals surface area contributed by atoms with E-state index in [0.717, 1.165) is 5.56 Å². The molecule has 19 heavy (non-hydrogen) atoms. The minimum atomic E-state index is -0.687. The van der Waals surface area contributed by atoms with Crippen molar-refractivity contribution in [3.05, 3.63) is 59.4 Å². The van der Waals surface area contributed by atoms with Crippen LogP contribution in [0.1, 0.15) is 17.2 Å². The fourth-order valence-electron chi connectivity index (χ4n) is 1.90. The highest BCUT2D eigenvalue weighted by molar-refractivity contribution is 5.40. The summed E-state index contributed by atoms with van der Waals surface area (Å²) in [5, 5.41) is 10.1. The summed E-state index contributed by atoms with van der Waals surface area (Å²) in [6.07, 6.45) is -0.349. The van der Waals surface area contributed by atoms with Crippen molar-refractivity contribution in [1.29, 1.82) is 0 Å². The second-order valence-electron chi connectivity index (χ2n) is 4.36. The molecule has 0 aliphatic rings. The molecule has 1 unspecified atom stereocenters. The summed E-state index contributed by atoms with van der Waals surface area (Å²) in [5.41, 5.74) is 7.70. The molecule has 0 saturated carbocycles. The van der Waals surface area contributed by atoms with Gasteiger partial charge in [-0.25, -0.2) is 4.39 Å². The molecule has 0 aromatic heterocycles. The number of benzene rings is 2. The van der Waals surface area contributed by atoms with Crippen molar-refractivity contribution in [3.63, 3.8) is 0 Å². The van der Waals surface area contributed by atoms with Crippen LogP contribution in [0.3, 0.4) is 0 Å². The third-order valence-corrected chi connectivity index (χ3v) is 2.97. The van der Waals surface area contributed by atoms with Gasteiger partial charge in [-0.15, -0.1) is 0 Å². The average molecular weight is 261 g/mol. The molecule has 0 heterocycles. The Kier molecular flexibility index (Phi) is 4.02. The molecule has 3 N–H and O–H groups in total. The molecule has 100 valence electrons. The summed E-state index contributed by atoms with van der Waals surface area (Å²) < 4.78 is 18.4. The predicted molar refractivity (Wildman–Crippen MR) is 72.5 cm³/mol. The van der Waals surface area contributed by atoms with Crippen LogP contribution in [0.25, 0.3) is 0 Å². The zero-order valence-corrected chi connectivity index (χ0v) is 10.6. The van der Waals surface area contributed by atoms with Crippen molar-refractivity contribution >= 4 is 5.69 Å². The van der Waals surface area contributed by atoms with Crippen LogP contribution < -0.4 is 10.5 Å². The van der Waals surface area contributed by atoms with Crippen molar-refractivity contribution in [3.8, 4) is 5.75 Å². The van der Waals surface area contributed by atoms with Gasteiger partial charge >= 0.3 is 0 Å². The summed E-state index contributed by atoms with van der Waals surface area (Å²) in [6, 6.07) is 11.7. The smallest absolute Gasteiger partial charge is 0.165 e. The zero-order chi connectivity index (χ0) is 13.8. The van der Waals surface area contributed by atoms with Gasteiger partial charge < -0.3 is 15.6 Å². The maximum Gasteiger partial charge on any atom is 0.165 e. The van der Waals surface area contributed by atoms with Crippen molar-refractivity contribution in [2.24, 2.45) is 0 Å². The molecule has 0 spiro atoms. The number of nitrogen functional groups attached to an aromatic ring is 1. The molecule has 1 atom stereocenters. The molecule has 0 amide bonds. The SMILES string of the molecule is COc1ccc(CC(O)c2ccc(N)cc2)cc1F. The lowest BCUT2D eigenvalue weighted by Crippen LogP contribution is -2.02. The third-order valence-electron chi connectivity index (χ3n) is 2.97. The number of halogens is 1. The first kappa shape index (κ1) is 13.4. The fraction of sp³-hybridized carbons (Fsp3) is 0.200. The Morgan fingerprint density at radius 1 is 1.21 bits per heavy atom. The topological polar surface area (TPSA) is 55.5 Å². The molecule has 3 nitrogen and oxygen atoms in total. The van der Waals surface area contributed by atoms with Gasteiger partial charge in [0.2, 0.25) is 0 Å². The number of rotatable bonds is 4. The van der Waals surface area contributed by atoms with Crippen LogP contribution in [-0.4, -0.2) is 12.2 Å². The fourth-order valence-corrected chi connectivity index (χ4v) is 1.90. The Morgan fingerprint density at radius 3 is 2.47 bits per heavy atom. The number of anilines is 1. The molecule has 2 aromatic rings. The van der Waals surface area contributed by atoms with Crippen molar-refractivity contribution in [2.75, 3.05) is 12.8 Å². The van der Waals surface area contributed by atoms with E-state index >= 15 is 0 Å². The van der Waals surface area contributed by atoms with Gasteiger partial charge in [-0.1, -0.05) is 18.2 Å². The lowest BCUT2D eigenvalue weighted by molar-refractivity contribution is 0.178. The van der Waals surface area contributed by atoms with Crippen LogP contribution in [-0.2, 0) is 6.42 Å². The Labute approximate surface area is 111 Å². The Balaban J connectivity index is 2.12. The van der Waals surface area contributed by atoms with E-state index in [1.54, 1.807) is 36.4 Å². The van der Waals surface area contributed by atoms with E-state index in [4.69, 9.17) is 10.5 Å². The van der Waals surface area contributed by atoms with Gasteiger partial charge in [-0.2, -0.15) is 0 Å². The van der Waals surface area contributed by atoms with E-state index in [9.17, 15) is 9.50 Å². The predicted octanol–water partition coefficient (Wildman–Crippen LogP) is 2.69. The Morgan fingerprint density at radius 2 is 1.89 bits per heavy atom. The van der Waals surface area contributed by atoms with E-state index in [1.807, 2.05) is 0 Å². The van der Waals surface area contributed by atoms with Gasteiger partial charge in [0, 0.05) is 12.1 Å². The van der Waals surface area contributed by atoms with Crippen LogP contribution >= 0.6 is 0 Å². The first-order chi connectivity index (χ1) is 9.10. The van der Waals surface area contributed by atoms with Crippen molar-refractivity contribution < 1.29 is 14.2 Å². The van der Waals surface area contributed by atoms with Gasteiger partial charge in [0.1, 0.15) is 0 Å². The molecule has 0 aliphatic heterocycles. The largest absolute Gasteiger partial charge is 0.494 e. The van der Waals surface area contributed by atoms with Crippen LogP contribution in [0.4, 0.5) is 10.1 Å². The molecule has 0 saturated heterocycles. The van der Waals surface area contributed by atoms with Crippen LogP contribution in [0, 0.1) is 5.82 Å². The van der Waals surface area contributed by atoms with E-state index in [-0.39, 0.29) is 5.75 Å². The Hall–Kier alpha value is -2.07. The summed E-state index contributed by atoms with van der Waals surface area (Å²) >= 11 is 0. The number of ether oxygens (including phenoxy) is 1. The van der Waals surface area contributed by atoms with Crippen molar-refractivity contribution in [2.45, 2.75) is 12.5 Å². The summed E-state index contributed by atoms with van der Waals surface area (Å²) in [5.74, 6) is -0.227. The number of aliphatic hydroxyl groups is 1. The summed E-state index contributed by atoms with van der Waals surface area (Å²) in [7, 11) is 1.42. The molecule has 0 aliphatic carbocycles. The highest BCUT2D eigenvalue weighted by Crippen LogP contribution is 2.23. The van der Waals surface area contributed by atoms with E-state index in [0.29, 0.717) is 17.7 Å². The summed E-state index contributed by atoms with van der Waals surface area (Å²) in [4.78, 5) is 0. The van der Waals surface area contributed by atoms with Crippen LogP contribution in [0.2, 0.25) is 0 Å². The number of methoxy groups -OCH3 is 1. The highest BCUT2D eigenvalue weighted by Gasteiger charge is 2.10. The molecule has 0 fully saturated rings. The van der Waals surface area contributed by atoms with Crippen molar-refractivity contribution in [1.82, 2.24) is 0 Å². The molecule has 0 bridgehead atoms. The Bertz CT molecular complexity index is 555. The monoisotopic (exact) mass is 261 g/mol. The standard InChI is InChI=1S/C15H16FNO2/c1-19-15-7-2-10(8-13(15)16)9-14(18)11-3-5-12(17)6-4-11/h2-8,14,18H,9,17H2,1H3. The van der Waals surface area contributed by atoms with Crippen LogP contribution in [0.15, 0.2) is 42.5 Å². The van der Waals surface area contributed by atoms with Gasteiger partial charge in [-0.3, -0.25) is 0 Å². The number of hydrogen-bond acceptors (Lipinski definition) is 3. The third kappa shape index (κ3) is 3.23. The number of hydrogen-bond donors (Lipinski definition) is 2. The molecule has 0 radical (unpaired) electrons.